The summed E-state index contributed by atoms with van der Waals surface area (Å²) < 4.78 is 23.3. The van der Waals surface area contributed by atoms with E-state index in [1.807, 2.05) is 0 Å². The van der Waals surface area contributed by atoms with Gasteiger partial charge in [0.05, 0.1) is 19.2 Å². The maximum absolute atomic E-state index is 13.5. The first-order valence-electron chi connectivity index (χ1n) is 6.06. The van der Waals surface area contributed by atoms with Crippen LogP contribution in [0.5, 0.6) is 5.75 Å². The Morgan fingerprint density at radius 3 is 2.75 bits per heavy atom. The standard InChI is InChI=1S/C14H15FN2O3/c1-8-11(9(2)20-17-8)7-14(18)16-10-4-5-13(19-3)12(15)6-10/h4-6H,7H2,1-3H3,(H,16,18). The Kier molecular flexibility index (Phi) is 4.02. The molecule has 1 aromatic carbocycles. The van der Waals surface area contributed by atoms with Gasteiger partial charge in [0.15, 0.2) is 11.6 Å². The lowest BCUT2D eigenvalue weighted by molar-refractivity contribution is -0.115. The molecule has 20 heavy (non-hydrogen) atoms. The highest BCUT2D eigenvalue weighted by Crippen LogP contribution is 2.21. The molecule has 0 radical (unpaired) electrons. The van der Waals surface area contributed by atoms with Crippen molar-refractivity contribution in [3.63, 3.8) is 0 Å². The number of carbonyl (C=O) groups is 1. The molecule has 0 saturated heterocycles. The number of halogens is 1. The summed E-state index contributed by atoms with van der Waals surface area (Å²) in [6, 6.07) is 4.25. The van der Waals surface area contributed by atoms with Crippen LogP contribution in [0.3, 0.4) is 0 Å². The van der Waals surface area contributed by atoms with Gasteiger partial charge in [0.2, 0.25) is 5.91 Å². The van der Waals surface area contributed by atoms with Crippen molar-refractivity contribution in [1.82, 2.24) is 5.16 Å². The van der Waals surface area contributed by atoms with E-state index in [0.717, 1.165) is 5.56 Å². The molecule has 6 heteroatoms. The van der Waals surface area contributed by atoms with Crippen molar-refractivity contribution in [2.24, 2.45) is 0 Å². The van der Waals surface area contributed by atoms with Crippen LogP contribution in [-0.2, 0) is 11.2 Å². The van der Waals surface area contributed by atoms with Gasteiger partial charge >= 0.3 is 0 Å². The van der Waals surface area contributed by atoms with Crippen molar-refractivity contribution < 1.29 is 18.4 Å². The Morgan fingerprint density at radius 1 is 1.45 bits per heavy atom. The van der Waals surface area contributed by atoms with Gasteiger partial charge in [-0.25, -0.2) is 4.39 Å². The first kappa shape index (κ1) is 14.0. The molecule has 0 saturated carbocycles. The van der Waals surface area contributed by atoms with Crippen molar-refractivity contribution >= 4 is 11.6 Å². The number of hydrogen-bond acceptors (Lipinski definition) is 4. The van der Waals surface area contributed by atoms with Gasteiger partial charge in [-0.2, -0.15) is 0 Å². The van der Waals surface area contributed by atoms with Crippen LogP contribution < -0.4 is 10.1 Å². The Labute approximate surface area is 115 Å². The third kappa shape index (κ3) is 2.96. The van der Waals surface area contributed by atoms with Gasteiger partial charge < -0.3 is 14.6 Å². The van der Waals surface area contributed by atoms with Crippen LogP contribution in [0.2, 0.25) is 0 Å². The van der Waals surface area contributed by atoms with Crippen LogP contribution in [0.1, 0.15) is 17.0 Å². The number of ether oxygens (including phenoxy) is 1. The number of rotatable bonds is 4. The number of hydrogen-bond donors (Lipinski definition) is 1. The number of nitrogens with zero attached hydrogens (tertiary/aromatic N) is 1. The van der Waals surface area contributed by atoms with E-state index in [1.165, 1.54) is 19.2 Å². The normalized spacial score (nSPS) is 10.4. The number of benzene rings is 1. The largest absolute Gasteiger partial charge is 0.494 e. The minimum absolute atomic E-state index is 0.133. The van der Waals surface area contributed by atoms with E-state index in [1.54, 1.807) is 19.9 Å². The second-order valence-corrected chi connectivity index (χ2v) is 4.38. The van der Waals surface area contributed by atoms with E-state index >= 15 is 0 Å². The Balaban J connectivity index is 2.07. The fourth-order valence-electron chi connectivity index (χ4n) is 1.86. The number of nitrogens with one attached hydrogen (secondary N) is 1. The third-order valence-electron chi connectivity index (χ3n) is 2.95. The first-order valence-corrected chi connectivity index (χ1v) is 6.06. The molecule has 0 aliphatic carbocycles. The van der Waals surface area contributed by atoms with Crippen molar-refractivity contribution in [2.45, 2.75) is 20.3 Å². The minimum Gasteiger partial charge on any atom is -0.494 e. The fraction of sp³-hybridized carbons (Fsp3) is 0.286. The number of carbonyl (C=O) groups excluding carboxylic acids is 1. The average molecular weight is 278 g/mol. The van der Waals surface area contributed by atoms with Gasteiger partial charge in [-0.15, -0.1) is 0 Å². The molecular weight excluding hydrogens is 263 g/mol. The molecule has 1 amide bonds. The van der Waals surface area contributed by atoms with Gasteiger partial charge in [-0.3, -0.25) is 4.79 Å². The number of methoxy groups -OCH3 is 1. The molecule has 2 aromatic rings. The SMILES string of the molecule is COc1ccc(NC(=O)Cc2c(C)noc2C)cc1F. The van der Waals surface area contributed by atoms with Gasteiger partial charge in [0.1, 0.15) is 5.76 Å². The molecule has 0 unspecified atom stereocenters. The maximum Gasteiger partial charge on any atom is 0.229 e. The highest BCUT2D eigenvalue weighted by Gasteiger charge is 2.14. The van der Waals surface area contributed by atoms with E-state index in [0.29, 0.717) is 17.1 Å². The summed E-state index contributed by atoms with van der Waals surface area (Å²) in [5, 5.41) is 6.40. The second-order valence-electron chi connectivity index (χ2n) is 4.38. The lowest BCUT2D eigenvalue weighted by Gasteiger charge is -2.07. The zero-order valence-electron chi connectivity index (χ0n) is 11.5. The molecule has 0 spiro atoms. The van der Waals surface area contributed by atoms with E-state index < -0.39 is 5.82 Å². The topological polar surface area (TPSA) is 64.4 Å². The van der Waals surface area contributed by atoms with Crippen LogP contribution >= 0.6 is 0 Å². The summed E-state index contributed by atoms with van der Waals surface area (Å²) in [4.78, 5) is 11.9. The average Bonchev–Trinajstić information content (AvgIpc) is 2.71. The van der Waals surface area contributed by atoms with Crippen LogP contribution in [0.25, 0.3) is 0 Å². The highest BCUT2D eigenvalue weighted by molar-refractivity contribution is 5.92. The molecule has 0 fully saturated rings. The summed E-state index contributed by atoms with van der Waals surface area (Å²) in [5.41, 5.74) is 1.80. The molecule has 1 heterocycles. The third-order valence-corrected chi connectivity index (χ3v) is 2.95. The van der Waals surface area contributed by atoms with Gasteiger partial charge in [0, 0.05) is 17.3 Å². The number of aryl methyl sites for hydroxylation is 2. The minimum atomic E-state index is -0.525. The molecule has 0 bridgehead atoms. The number of amides is 1. The Bertz CT molecular complexity index is 618. The summed E-state index contributed by atoms with van der Waals surface area (Å²) in [6.07, 6.45) is 0.134. The first-order chi connectivity index (χ1) is 9.51. The van der Waals surface area contributed by atoms with Crippen LogP contribution in [-0.4, -0.2) is 18.2 Å². The maximum atomic E-state index is 13.5. The Hall–Kier alpha value is -2.37. The molecule has 106 valence electrons. The molecule has 0 aliphatic heterocycles. The zero-order chi connectivity index (χ0) is 14.7. The fourth-order valence-corrected chi connectivity index (χ4v) is 1.86. The van der Waals surface area contributed by atoms with Crippen molar-refractivity contribution in [3.8, 4) is 5.75 Å². The number of aromatic nitrogens is 1. The van der Waals surface area contributed by atoms with E-state index in [2.05, 4.69) is 10.5 Å². The zero-order valence-corrected chi connectivity index (χ0v) is 11.5. The van der Waals surface area contributed by atoms with Crippen LogP contribution in [0, 0.1) is 19.7 Å². The van der Waals surface area contributed by atoms with Crippen LogP contribution in [0.4, 0.5) is 10.1 Å². The molecular formula is C14H15FN2O3. The molecule has 2 rings (SSSR count). The highest BCUT2D eigenvalue weighted by atomic mass is 19.1. The van der Waals surface area contributed by atoms with Crippen molar-refractivity contribution in [2.75, 3.05) is 12.4 Å². The quantitative estimate of drug-likeness (QED) is 0.933. The van der Waals surface area contributed by atoms with E-state index in [-0.39, 0.29) is 18.1 Å². The van der Waals surface area contributed by atoms with Gasteiger partial charge in [0.25, 0.3) is 0 Å². The molecule has 5 nitrogen and oxygen atoms in total. The molecule has 1 aromatic heterocycles. The van der Waals surface area contributed by atoms with Crippen LogP contribution in [0.15, 0.2) is 22.7 Å². The summed E-state index contributed by atoms with van der Waals surface area (Å²) in [5.74, 6) is -0.0427. The second kappa shape index (κ2) is 5.73. The van der Waals surface area contributed by atoms with E-state index in [9.17, 15) is 9.18 Å². The molecule has 0 atom stereocenters. The predicted molar refractivity (Wildman–Crippen MR) is 71.3 cm³/mol. The Morgan fingerprint density at radius 2 is 2.20 bits per heavy atom. The lowest BCUT2D eigenvalue weighted by atomic mass is 10.1. The number of anilines is 1. The van der Waals surface area contributed by atoms with Gasteiger partial charge in [-0.05, 0) is 26.0 Å². The van der Waals surface area contributed by atoms with Gasteiger partial charge in [-0.1, -0.05) is 5.16 Å². The molecule has 0 aliphatic rings. The van der Waals surface area contributed by atoms with E-state index in [4.69, 9.17) is 9.26 Å². The van der Waals surface area contributed by atoms with Crippen molar-refractivity contribution in [3.05, 3.63) is 41.0 Å². The lowest BCUT2D eigenvalue weighted by Crippen LogP contribution is -2.15. The summed E-state index contributed by atoms with van der Waals surface area (Å²) >= 11 is 0. The smallest absolute Gasteiger partial charge is 0.229 e. The van der Waals surface area contributed by atoms with Crippen molar-refractivity contribution in [1.29, 1.82) is 0 Å². The monoisotopic (exact) mass is 278 g/mol. The summed E-state index contributed by atoms with van der Waals surface area (Å²) in [6.45, 7) is 3.52. The molecule has 1 N–H and O–H groups in total. The predicted octanol–water partition coefficient (Wildman–Crippen LogP) is 2.62. The summed E-state index contributed by atoms with van der Waals surface area (Å²) in [7, 11) is 1.38.